The van der Waals surface area contributed by atoms with E-state index in [4.69, 9.17) is 0 Å². The van der Waals surface area contributed by atoms with E-state index in [0.29, 0.717) is 12.1 Å². The highest BCUT2D eigenvalue weighted by atomic mass is 19.1. The number of aliphatic imine (C=N–C) groups is 1. The second-order valence-corrected chi connectivity index (χ2v) is 2.82. The van der Waals surface area contributed by atoms with E-state index in [1.807, 2.05) is 13.0 Å². The summed E-state index contributed by atoms with van der Waals surface area (Å²) in [6, 6.07) is 0. The van der Waals surface area contributed by atoms with Crippen molar-refractivity contribution in [3.63, 3.8) is 0 Å². The van der Waals surface area contributed by atoms with E-state index in [1.54, 1.807) is 13.1 Å². The normalized spacial score (nSPS) is 15.5. The Morgan fingerprint density at radius 1 is 1.50 bits per heavy atom. The van der Waals surface area contributed by atoms with Crippen LogP contribution in [0.4, 0.5) is 4.39 Å². The topological polar surface area (TPSA) is 12.4 Å². The van der Waals surface area contributed by atoms with Gasteiger partial charge in [-0.05, 0) is 19.8 Å². The third-order valence-corrected chi connectivity index (χ3v) is 1.65. The quantitative estimate of drug-likeness (QED) is 0.561. The van der Waals surface area contributed by atoms with Gasteiger partial charge in [0, 0.05) is 11.9 Å². The second kappa shape index (κ2) is 7.01. The van der Waals surface area contributed by atoms with Gasteiger partial charge in [0.25, 0.3) is 0 Å². The van der Waals surface area contributed by atoms with Crippen molar-refractivity contribution in [2.24, 2.45) is 4.99 Å². The lowest BCUT2D eigenvalue weighted by Gasteiger charge is -2.01. The molecule has 0 N–H and O–H groups in total. The van der Waals surface area contributed by atoms with Gasteiger partial charge >= 0.3 is 0 Å². The molecule has 1 nitrogen and oxygen atoms in total. The third-order valence-electron chi connectivity index (χ3n) is 1.65. The fraction of sp³-hybridized carbons (Fsp3) is 0.700. The molecular weight excluding hydrogens is 153 g/mol. The predicted molar refractivity (Wildman–Crippen MR) is 52.3 cm³/mol. The predicted octanol–water partition coefficient (Wildman–Crippen LogP) is 3.51. The summed E-state index contributed by atoms with van der Waals surface area (Å²) in [7, 11) is 0. The van der Waals surface area contributed by atoms with Crippen LogP contribution in [0, 0.1) is 0 Å². The first-order chi connectivity index (χ1) is 5.72. The Morgan fingerprint density at radius 2 is 2.17 bits per heavy atom. The lowest BCUT2D eigenvalue weighted by atomic mass is 10.2. The zero-order valence-electron chi connectivity index (χ0n) is 8.18. The Morgan fingerprint density at radius 3 is 2.67 bits per heavy atom. The fourth-order valence-electron chi connectivity index (χ4n) is 0.788. The molecule has 0 aliphatic rings. The molecule has 0 saturated carbocycles. The standard InChI is InChI=1S/C10H18FN/c1-4-6-7-8-12-9(3)10(11)5-2/h7-8,10H,4-6H2,1-3H3/b8-7-,12-9?. The van der Waals surface area contributed by atoms with E-state index < -0.39 is 6.17 Å². The van der Waals surface area contributed by atoms with E-state index in [0.717, 1.165) is 12.8 Å². The number of alkyl halides is 1. The molecule has 0 fully saturated rings. The Kier molecular flexibility index (Phi) is 6.63. The van der Waals surface area contributed by atoms with Crippen molar-refractivity contribution < 1.29 is 4.39 Å². The maximum absolute atomic E-state index is 12.9. The maximum Gasteiger partial charge on any atom is 0.138 e. The van der Waals surface area contributed by atoms with Gasteiger partial charge in [0.2, 0.25) is 0 Å². The summed E-state index contributed by atoms with van der Waals surface area (Å²) in [5, 5.41) is 0. The molecule has 0 aliphatic carbocycles. The van der Waals surface area contributed by atoms with E-state index in [-0.39, 0.29) is 0 Å². The molecule has 0 amide bonds. The Labute approximate surface area is 74.4 Å². The molecule has 0 aliphatic heterocycles. The molecule has 0 aromatic rings. The summed E-state index contributed by atoms with van der Waals surface area (Å²) in [6.45, 7) is 5.65. The average Bonchev–Trinajstić information content (AvgIpc) is 2.10. The highest BCUT2D eigenvalue weighted by Crippen LogP contribution is 2.00. The molecule has 1 atom stereocenters. The lowest BCUT2D eigenvalue weighted by molar-refractivity contribution is 0.413. The van der Waals surface area contributed by atoms with E-state index in [1.165, 1.54) is 0 Å². The van der Waals surface area contributed by atoms with Gasteiger partial charge in [0.15, 0.2) is 0 Å². The molecule has 0 radical (unpaired) electrons. The third kappa shape index (κ3) is 5.05. The van der Waals surface area contributed by atoms with Gasteiger partial charge in [-0.15, -0.1) is 0 Å². The molecule has 2 heteroatoms. The average molecular weight is 171 g/mol. The van der Waals surface area contributed by atoms with Crippen molar-refractivity contribution in [3.05, 3.63) is 12.3 Å². The van der Waals surface area contributed by atoms with Gasteiger partial charge in [-0.2, -0.15) is 0 Å². The molecule has 1 unspecified atom stereocenters. The van der Waals surface area contributed by atoms with E-state index >= 15 is 0 Å². The molecule has 0 spiro atoms. The summed E-state index contributed by atoms with van der Waals surface area (Å²) in [5.74, 6) is 0. The molecule has 0 rings (SSSR count). The number of rotatable bonds is 5. The van der Waals surface area contributed by atoms with Crippen LogP contribution in [0.3, 0.4) is 0 Å². The van der Waals surface area contributed by atoms with Crippen molar-refractivity contribution in [2.45, 2.75) is 46.2 Å². The first-order valence-electron chi connectivity index (χ1n) is 4.55. The zero-order valence-corrected chi connectivity index (χ0v) is 8.18. The smallest absolute Gasteiger partial charge is 0.138 e. The molecule has 12 heavy (non-hydrogen) atoms. The number of hydrogen-bond acceptors (Lipinski definition) is 1. The Hall–Kier alpha value is -0.660. The minimum absolute atomic E-state index is 0.511. The second-order valence-electron chi connectivity index (χ2n) is 2.82. The number of hydrogen-bond donors (Lipinski definition) is 0. The summed E-state index contributed by atoms with van der Waals surface area (Å²) >= 11 is 0. The fourth-order valence-corrected chi connectivity index (χ4v) is 0.788. The van der Waals surface area contributed by atoms with Crippen molar-refractivity contribution >= 4 is 5.71 Å². The van der Waals surface area contributed by atoms with E-state index in [2.05, 4.69) is 11.9 Å². The number of allylic oxidation sites excluding steroid dienone is 1. The summed E-state index contributed by atoms with van der Waals surface area (Å²) in [4.78, 5) is 3.99. The van der Waals surface area contributed by atoms with Crippen molar-refractivity contribution in [1.29, 1.82) is 0 Å². The molecular formula is C10H18FN. The lowest BCUT2D eigenvalue weighted by Crippen LogP contribution is -2.09. The molecule has 0 bridgehead atoms. The van der Waals surface area contributed by atoms with Crippen LogP contribution in [-0.2, 0) is 0 Å². The van der Waals surface area contributed by atoms with Crippen LogP contribution in [-0.4, -0.2) is 11.9 Å². The Bertz CT molecular complexity index is 161. The zero-order chi connectivity index (χ0) is 9.40. The molecule has 0 heterocycles. The maximum atomic E-state index is 12.9. The summed E-state index contributed by atoms with van der Waals surface area (Å²) < 4.78 is 12.9. The summed E-state index contributed by atoms with van der Waals surface area (Å²) in [6.07, 6.45) is 5.41. The highest BCUT2D eigenvalue weighted by Gasteiger charge is 2.04. The van der Waals surface area contributed by atoms with Crippen molar-refractivity contribution in [3.8, 4) is 0 Å². The van der Waals surface area contributed by atoms with Gasteiger partial charge in [-0.1, -0.05) is 26.3 Å². The van der Waals surface area contributed by atoms with Gasteiger partial charge in [0.1, 0.15) is 6.17 Å². The van der Waals surface area contributed by atoms with Gasteiger partial charge in [0.05, 0.1) is 0 Å². The Balaban J connectivity index is 3.82. The molecule has 0 aromatic heterocycles. The van der Waals surface area contributed by atoms with E-state index in [9.17, 15) is 4.39 Å². The van der Waals surface area contributed by atoms with Gasteiger partial charge in [-0.25, -0.2) is 4.39 Å². The summed E-state index contributed by atoms with van der Waals surface area (Å²) in [5.41, 5.74) is 0.574. The number of unbranched alkanes of at least 4 members (excludes halogenated alkanes) is 1. The van der Waals surface area contributed by atoms with Crippen LogP contribution in [0.25, 0.3) is 0 Å². The van der Waals surface area contributed by atoms with Crippen LogP contribution in [0.2, 0.25) is 0 Å². The van der Waals surface area contributed by atoms with Crippen LogP contribution in [0.1, 0.15) is 40.0 Å². The van der Waals surface area contributed by atoms with Crippen LogP contribution in [0.15, 0.2) is 17.3 Å². The minimum Gasteiger partial charge on any atom is -0.263 e. The first-order valence-corrected chi connectivity index (χ1v) is 4.55. The SMILES string of the molecule is CCC/C=C\N=C(C)C(F)CC. The number of halogens is 1. The molecule has 0 aromatic carbocycles. The van der Waals surface area contributed by atoms with Crippen LogP contribution >= 0.6 is 0 Å². The van der Waals surface area contributed by atoms with Gasteiger partial charge < -0.3 is 0 Å². The van der Waals surface area contributed by atoms with Crippen molar-refractivity contribution in [1.82, 2.24) is 0 Å². The number of nitrogens with zero attached hydrogens (tertiary/aromatic N) is 1. The minimum atomic E-state index is -0.878. The molecule has 70 valence electrons. The highest BCUT2D eigenvalue weighted by molar-refractivity contribution is 5.86. The monoisotopic (exact) mass is 171 g/mol. The molecule has 0 saturated heterocycles. The van der Waals surface area contributed by atoms with Crippen molar-refractivity contribution in [2.75, 3.05) is 0 Å². The first kappa shape index (κ1) is 11.3. The van der Waals surface area contributed by atoms with Crippen LogP contribution in [0.5, 0.6) is 0 Å². The van der Waals surface area contributed by atoms with Crippen LogP contribution < -0.4 is 0 Å². The van der Waals surface area contributed by atoms with Gasteiger partial charge in [-0.3, -0.25) is 4.99 Å². The largest absolute Gasteiger partial charge is 0.263 e.